The van der Waals surface area contributed by atoms with Gasteiger partial charge in [-0.1, -0.05) is 0 Å². The molecule has 0 saturated carbocycles. The molecule has 7 heteroatoms. The van der Waals surface area contributed by atoms with Crippen LogP contribution in [0.25, 0.3) is 0 Å². The van der Waals surface area contributed by atoms with Crippen LogP contribution >= 0.6 is 0 Å². The molecule has 1 aromatic carbocycles. The molecule has 0 aliphatic heterocycles. The van der Waals surface area contributed by atoms with E-state index in [1.807, 2.05) is 0 Å². The van der Waals surface area contributed by atoms with Crippen LogP contribution in [0.1, 0.15) is 12.0 Å². The number of aliphatic hydroxyl groups is 3. The molecular weight excluding hydrogens is 228 g/mol. The van der Waals surface area contributed by atoms with Gasteiger partial charge in [0, 0.05) is 30.8 Å². The number of benzene rings is 1. The molecule has 0 fully saturated rings. The lowest BCUT2D eigenvalue weighted by atomic mass is 10.1. The Morgan fingerprint density at radius 2 is 1.88 bits per heavy atom. The van der Waals surface area contributed by atoms with E-state index in [1.54, 1.807) is 0 Å². The molecule has 1 rings (SSSR count). The second-order valence-electron chi connectivity index (χ2n) is 3.48. The van der Waals surface area contributed by atoms with Crippen LogP contribution in [0.15, 0.2) is 24.3 Å². The minimum atomic E-state index is -2.26. The molecule has 0 aromatic heterocycles. The first kappa shape index (κ1) is 13.5. The van der Waals surface area contributed by atoms with Gasteiger partial charge in [-0.2, -0.15) is 0 Å². The predicted octanol–water partition coefficient (Wildman–Crippen LogP) is -0.338. The summed E-state index contributed by atoms with van der Waals surface area (Å²) >= 11 is 0. The molecule has 0 heterocycles. The topological polar surface area (TPSA) is 116 Å². The molecule has 17 heavy (non-hydrogen) atoms. The highest BCUT2D eigenvalue weighted by Gasteiger charge is 2.25. The van der Waals surface area contributed by atoms with Crippen molar-refractivity contribution in [2.24, 2.45) is 0 Å². The third kappa shape index (κ3) is 3.75. The third-order valence-electron chi connectivity index (χ3n) is 2.19. The van der Waals surface area contributed by atoms with E-state index in [4.69, 9.17) is 5.11 Å². The lowest BCUT2D eigenvalue weighted by molar-refractivity contribution is -0.384. The summed E-state index contributed by atoms with van der Waals surface area (Å²) < 4.78 is 0. The molecule has 7 nitrogen and oxygen atoms in total. The van der Waals surface area contributed by atoms with Crippen molar-refractivity contribution in [1.82, 2.24) is 5.32 Å². The molecule has 0 atom stereocenters. The predicted molar refractivity (Wildman–Crippen MR) is 58.9 cm³/mol. The zero-order chi connectivity index (χ0) is 12.9. The van der Waals surface area contributed by atoms with Crippen LogP contribution in [0, 0.1) is 10.1 Å². The molecular formula is C10H14N2O5. The quantitative estimate of drug-likeness (QED) is 0.235. The first-order chi connectivity index (χ1) is 7.97. The number of hydrogen-bond donors (Lipinski definition) is 4. The van der Waals surface area contributed by atoms with Crippen LogP contribution in [-0.2, 0) is 5.91 Å². The molecule has 0 radical (unpaired) electrons. The fourth-order valence-electron chi connectivity index (χ4n) is 1.26. The van der Waals surface area contributed by atoms with Gasteiger partial charge >= 0.3 is 0 Å². The molecule has 94 valence electrons. The number of nitrogens with one attached hydrogen (secondary N) is 1. The van der Waals surface area contributed by atoms with Gasteiger partial charge in [0.15, 0.2) is 0 Å². The van der Waals surface area contributed by atoms with E-state index in [2.05, 4.69) is 5.32 Å². The van der Waals surface area contributed by atoms with Crippen LogP contribution < -0.4 is 5.32 Å². The van der Waals surface area contributed by atoms with Crippen molar-refractivity contribution in [3.63, 3.8) is 0 Å². The molecule has 0 saturated heterocycles. The minimum Gasteiger partial charge on any atom is -0.396 e. The number of rotatable bonds is 6. The van der Waals surface area contributed by atoms with E-state index in [-0.39, 0.29) is 24.4 Å². The number of nitrogens with zero attached hydrogens (tertiary/aromatic N) is 1. The average molecular weight is 242 g/mol. The molecule has 1 aromatic rings. The highest BCUT2D eigenvalue weighted by molar-refractivity contribution is 5.34. The Morgan fingerprint density at radius 1 is 1.29 bits per heavy atom. The van der Waals surface area contributed by atoms with Crippen molar-refractivity contribution in [3.05, 3.63) is 39.9 Å². The SMILES string of the molecule is O=[N+]([O-])c1ccc(C(O)(O)NCCCO)cc1. The maximum Gasteiger partial charge on any atom is 0.269 e. The maximum atomic E-state index is 10.4. The molecule has 0 unspecified atom stereocenters. The summed E-state index contributed by atoms with van der Waals surface area (Å²) in [5, 5.41) is 40.6. The summed E-state index contributed by atoms with van der Waals surface area (Å²) in [6.45, 7) is 0.143. The molecule has 0 bridgehead atoms. The zero-order valence-corrected chi connectivity index (χ0v) is 9.04. The van der Waals surface area contributed by atoms with Crippen LogP contribution in [0.3, 0.4) is 0 Å². The van der Waals surface area contributed by atoms with Gasteiger partial charge in [0.25, 0.3) is 11.6 Å². The normalized spacial score (nSPS) is 11.5. The Balaban J connectivity index is 2.73. The van der Waals surface area contributed by atoms with Crippen molar-refractivity contribution in [3.8, 4) is 0 Å². The molecule has 0 aliphatic carbocycles. The van der Waals surface area contributed by atoms with Gasteiger partial charge in [-0.15, -0.1) is 0 Å². The first-order valence-electron chi connectivity index (χ1n) is 5.03. The van der Waals surface area contributed by atoms with Crippen LogP contribution in [-0.4, -0.2) is 33.4 Å². The van der Waals surface area contributed by atoms with Gasteiger partial charge in [0.05, 0.1) is 4.92 Å². The van der Waals surface area contributed by atoms with E-state index in [0.29, 0.717) is 6.42 Å². The Bertz CT molecular complexity index is 377. The van der Waals surface area contributed by atoms with E-state index < -0.39 is 10.8 Å². The second-order valence-corrected chi connectivity index (χ2v) is 3.48. The van der Waals surface area contributed by atoms with Crippen molar-refractivity contribution < 1.29 is 20.2 Å². The molecule has 0 aliphatic rings. The van der Waals surface area contributed by atoms with Gasteiger partial charge < -0.3 is 15.3 Å². The summed E-state index contributed by atoms with van der Waals surface area (Å²) in [5.41, 5.74) is -0.0269. The number of aliphatic hydroxyl groups excluding tert-OH is 1. The summed E-state index contributed by atoms with van der Waals surface area (Å²) in [4.78, 5) is 9.84. The van der Waals surface area contributed by atoms with E-state index >= 15 is 0 Å². The third-order valence-corrected chi connectivity index (χ3v) is 2.19. The Kier molecular flexibility index (Phi) is 4.53. The number of nitro groups is 1. The largest absolute Gasteiger partial charge is 0.396 e. The van der Waals surface area contributed by atoms with E-state index in [1.165, 1.54) is 24.3 Å². The van der Waals surface area contributed by atoms with Gasteiger partial charge in [0.1, 0.15) is 0 Å². The van der Waals surface area contributed by atoms with E-state index in [0.717, 1.165) is 0 Å². The highest BCUT2D eigenvalue weighted by atomic mass is 16.6. The van der Waals surface area contributed by atoms with Crippen LogP contribution in [0.2, 0.25) is 0 Å². The van der Waals surface area contributed by atoms with Crippen molar-refractivity contribution in [2.45, 2.75) is 12.3 Å². The van der Waals surface area contributed by atoms with Gasteiger partial charge in [-0.3, -0.25) is 15.4 Å². The lowest BCUT2D eigenvalue weighted by Gasteiger charge is -2.23. The standard InChI is InChI=1S/C10H14N2O5/c13-7-1-6-11-10(14,15)8-2-4-9(5-3-8)12(16)17/h2-5,11,13-15H,1,6-7H2. The summed E-state index contributed by atoms with van der Waals surface area (Å²) in [6, 6.07) is 4.88. The maximum absolute atomic E-state index is 10.4. The highest BCUT2D eigenvalue weighted by Crippen LogP contribution is 2.18. The Labute approximate surface area is 97.5 Å². The summed E-state index contributed by atoms with van der Waals surface area (Å²) in [7, 11) is 0. The smallest absolute Gasteiger partial charge is 0.269 e. The summed E-state index contributed by atoms with van der Waals surface area (Å²) in [5.74, 6) is -2.26. The molecule has 4 N–H and O–H groups in total. The second kappa shape index (κ2) is 5.69. The monoisotopic (exact) mass is 242 g/mol. The van der Waals surface area contributed by atoms with Crippen molar-refractivity contribution in [1.29, 1.82) is 0 Å². The Hall–Kier alpha value is -1.54. The Morgan fingerprint density at radius 3 is 2.35 bits per heavy atom. The van der Waals surface area contributed by atoms with Gasteiger partial charge in [0.2, 0.25) is 0 Å². The zero-order valence-electron chi connectivity index (χ0n) is 9.04. The first-order valence-corrected chi connectivity index (χ1v) is 5.03. The molecule has 0 amide bonds. The number of hydrogen-bond acceptors (Lipinski definition) is 6. The fraction of sp³-hybridized carbons (Fsp3) is 0.400. The average Bonchev–Trinajstić information content (AvgIpc) is 2.29. The van der Waals surface area contributed by atoms with Gasteiger partial charge in [-0.05, 0) is 18.6 Å². The molecule has 0 spiro atoms. The lowest BCUT2D eigenvalue weighted by Crippen LogP contribution is -2.42. The van der Waals surface area contributed by atoms with Crippen molar-refractivity contribution >= 4 is 5.69 Å². The van der Waals surface area contributed by atoms with Gasteiger partial charge in [-0.25, -0.2) is 0 Å². The number of non-ortho nitro benzene ring substituents is 1. The number of nitro benzene ring substituents is 1. The van der Waals surface area contributed by atoms with Crippen molar-refractivity contribution in [2.75, 3.05) is 13.2 Å². The fourth-order valence-corrected chi connectivity index (χ4v) is 1.26. The van der Waals surface area contributed by atoms with Crippen LogP contribution in [0.4, 0.5) is 5.69 Å². The van der Waals surface area contributed by atoms with Crippen LogP contribution in [0.5, 0.6) is 0 Å². The minimum absolute atomic E-state index is 0.0661. The summed E-state index contributed by atoms with van der Waals surface area (Å²) in [6.07, 6.45) is 0.371. The van der Waals surface area contributed by atoms with E-state index in [9.17, 15) is 20.3 Å².